The summed E-state index contributed by atoms with van der Waals surface area (Å²) in [5, 5.41) is 0. The minimum atomic E-state index is 0. The quantitative estimate of drug-likeness (QED) is 0.496. The molecule has 0 N–H and O–H groups in total. The molecule has 0 radical (unpaired) electrons. The SMILES string of the molecule is CSC1=CC2=C(C)C=C(SC)C2=C1.CSC1=CC2=C(C)C=C(SC)C2=C1.[Cl-].[Cl-].[Zr+2]. The molecule has 0 fully saturated rings. The van der Waals surface area contributed by atoms with Gasteiger partial charge in [0.05, 0.1) is 0 Å². The van der Waals surface area contributed by atoms with Gasteiger partial charge in [0, 0.05) is 19.6 Å². The Balaban J connectivity index is 0.000000490. The minimum absolute atomic E-state index is 0. The normalized spacial score (nSPS) is 18.0. The van der Waals surface area contributed by atoms with Crippen LogP contribution in [0.2, 0.25) is 0 Å². The molecule has 0 spiro atoms. The molecule has 4 rings (SSSR count). The van der Waals surface area contributed by atoms with E-state index in [-0.39, 0.29) is 51.0 Å². The fraction of sp³-hybridized carbons (Fsp3) is 0.273. The first-order chi connectivity index (χ1) is 12.5. The van der Waals surface area contributed by atoms with Crippen LogP contribution in [-0.4, -0.2) is 25.0 Å². The Labute approximate surface area is 224 Å². The summed E-state index contributed by atoms with van der Waals surface area (Å²) in [7, 11) is 0. The van der Waals surface area contributed by atoms with Crippen molar-refractivity contribution in [3.63, 3.8) is 0 Å². The summed E-state index contributed by atoms with van der Waals surface area (Å²) in [6, 6.07) is 0. The van der Waals surface area contributed by atoms with Crippen molar-refractivity contribution in [3.8, 4) is 0 Å². The van der Waals surface area contributed by atoms with Gasteiger partial charge >= 0.3 is 26.2 Å². The van der Waals surface area contributed by atoms with Gasteiger partial charge < -0.3 is 24.8 Å². The number of thioether (sulfide) groups is 4. The van der Waals surface area contributed by atoms with E-state index in [9.17, 15) is 0 Å². The van der Waals surface area contributed by atoms with Crippen molar-refractivity contribution >= 4 is 47.0 Å². The van der Waals surface area contributed by atoms with Crippen LogP contribution in [0, 0.1) is 0 Å². The summed E-state index contributed by atoms with van der Waals surface area (Å²) in [4.78, 5) is 5.58. The number of fused-ring (bicyclic) bond motifs is 2. The zero-order chi connectivity index (χ0) is 18.8. The first-order valence-electron chi connectivity index (χ1n) is 8.41. The van der Waals surface area contributed by atoms with Gasteiger partial charge in [-0.2, -0.15) is 0 Å². The maximum absolute atomic E-state index is 2.29. The molecule has 4 aliphatic rings. The molecule has 4 aliphatic carbocycles. The molecular formula is C22H24Cl2S4Zr. The summed E-state index contributed by atoms with van der Waals surface area (Å²) in [5.41, 5.74) is 8.51. The van der Waals surface area contributed by atoms with Crippen LogP contribution < -0.4 is 24.8 Å². The second kappa shape index (κ2) is 13.4. The van der Waals surface area contributed by atoms with Gasteiger partial charge in [0.15, 0.2) is 0 Å². The summed E-state index contributed by atoms with van der Waals surface area (Å²) >= 11 is 7.30. The van der Waals surface area contributed by atoms with E-state index in [4.69, 9.17) is 0 Å². The zero-order valence-corrected chi connectivity index (χ0v) is 24.6. The molecule has 0 heterocycles. The molecule has 0 bridgehead atoms. The second-order valence-electron chi connectivity index (χ2n) is 6.24. The minimum Gasteiger partial charge on any atom is -1.00 e. The molecule has 0 nitrogen and oxygen atoms in total. The molecule has 0 aromatic carbocycles. The van der Waals surface area contributed by atoms with E-state index >= 15 is 0 Å². The number of hydrogen-bond donors (Lipinski definition) is 0. The molecule has 0 aliphatic heterocycles. The average molecular weight is 579 g/mol. The number of allylic oxidation sites excluding steroid dienone is 12. The van der Waals surface area contributed by atoms with Crippen molar-refractivity contribution in [2.75, 3.05) is 25.0 Å². The molecule has 29 heavy (non-hydrogen) atoms. The molecule has 0 saturated heterocycles. The van der Waals surface area contributed by atoms with Crippen molar-refractivity contribution in [1.29, 1.82) is 0 Å². The van der Waals surface area contributed by atoms with Crippen molar-refractivity contribution < 1.29 is 51.0 Å². The van der Waals surface area contributed by atoms with Crippen LogP contribution in [0.25, 0.3) is 0 Å². The van der Waals surface area contributed by atoms with Crippen molar-refractivity contribution in [2.45, 2.75) is 13.8 Å². The Bertz CT molecular complexity index is 826. The van der Waals surface area contributed by atoms with Crippen LogP contribution >= 0.6 is 47.0 Å². The van der Waals surface area contributed by atoms with Gasteiger partial charge in [0.2, 0.25) is 0 Å². The summed E-state index contributed by atoms with van der Waals surface area (Å²) in [6.45, 7) is 4.37. The molecule has 0 atom stereocenters. The van der Waals surface area contributed by atoms with Gasteiger partial charge in [-0.15, -0.1) is 47.0 Å². The topological polar surface area (TPSA) is 0 Å². The molecule has 0 amide bonds. The standard InChI is InChI=1S/2C11H12S2.2ClH.Zr/c2*1-7-4-11(13-3)10-6-8(12-2)5-9(7)10;;;/h2*4-6H,1-3H3;2*1H;/q;;;;+2/p-2. The third kappa shape index (κ3) is 6.40. The molecule has 7 heteroatoms. The Hall–Kier alpha value is 0.783. The Kier molecular flexibility index (Phi) is 13.7. The van der Waals surface area contributed by atoms with Crippen LogP contribution in [0.5, 0.6) is 0 Å². The molecular weight excluding hydrogens is 555 g/mol. The maximum Gasteiger partial charge on any atom is 2.00 e. The molecule has 154 valence electrons. The van der Waals surface area contributed by atoms with Crippen molar-refractivity contribution in [1.82, 2.24) is 0 Å². The summed E-state index contributed by atoms with van der Waals surface area (Å²) < 4.78 is 0. The van der Waals surface area contributed by atoms with Gasteiger partial charge in [-0.25, -0.2) is 0 Å². The largest absolute Gasteiger partial charge is 2.00 e. The van der Waals surface area contributed by atoms with E-state index in [1.807, 2.05) is 47.0 Å². The molecule has 0 saturated carbocycles. The van der Waals surface area contributed by atoms with Crippen LogP contribution in [-0.2, 0) is 26.2 Å². The number of hydrogen-bond acceptors (Lipinski definition) is 4. The molecule has 0 unspecified atom stereocenters. The van der Waals surface area contributed by atoms with Gasteiger partial charge in [-0.05, 0) is 109 Å². The average Bonchev–Trinajstić information content (AvgIpc) is 3.38. The molecule has 0 aromatic rings. The first kappa shape index (κ1) is 29.8. The van der Waals surface area contributed by atoms with E-state index in [0.29, 0.717) is 0 Å². The van der Waals surface area contributed by atoms with E-state index < -0.39 is 0 Å². The van der Waals surface area contributed by atoms with Crippen molar-refractivity contribution in [3.05, 3.63) is 89.5 Å². The first-order valence-corrected chi connectivity index (χ1v) is 13.3. The monoisotopic (exact) mass is 576 g/mol. The van der Waals surface area contributed by atoms with E-state index in [1.54, 1.807) is 0 Å². The second-order valence-corrected chi connectivity index (χ2v) is 9.69. The predicted molar refractivity (Wildman–Crippen MR) is 128 cm³/mol. The van der Waals surface area contributed by atoms with Gasteiger partial charge in [0.1, 0.15) is 0 Å². The van der Waals surface area contributed by atoms with E-state index in [0.717, 1.165) is 0 Å². The van der Waals surface area contributed by atoms with Gasteiger partial charge in [-0.1, -0.05) is 0 Å². The van der Waals surface area contributed by atoms with Crippen LogP contribution in [0.1, 0.15) is 13.8 Å². The zero-order valence-electron chi connectivity index (χ0n) is 17.4. The number of halogens is 2. The smallest absolute Gasteiger partial charge is 1.00 e. The Morgan fingerprint density at radius 1 is 0.517 bits per heavy atom. The van der Waals surface area contributed by atoms with Crippen LogP contribution in [0.4, 0.5) is 0 Å². The Morgan fingerprint density at radius 3 is 1.14 bits per heavy atom. The van der Waals surface area contributed by atoms with Crippen LogP contribution in [0.3, 0.4) is 0 Å². The van der Waals surface area contributed by atoms with Crippen LogP contribution in [0.15, 0.2) is 89.5 Å². The summed E-state index contributed by atoms with van der Waals surface area (Å²) in [5.74, 6) is 0. The number of rotatable bonds is 4. The third-order valence-corrected chi connectivity index (χ3v) is 7.68. The maximum atomic E-state index is 2.29. The van der Waals surface area contributed by atoms with E-state index in [2.05, 4.69) is 75.3 Å². The van der Waals surface area contributed by atoms with Gasteiger partial charge in [-0.3, -0.25) is 0 Å². The third-order valence-electron chi connectivity index (χ3n) is 4.71. The fourth-order valence-electron chi connectivity index (χ4n) is 3.30. The molecule has 0 aromatic heterocycles. The predicted octanol–water partition coefficient (Wildman–Crippen LogP) is 1.51. The summed E-state index contributed by atoms with van der Waals surface area (Å²) in [6.07, 6.45) is 22.2. The van der Waals surface area contributed by atoms with E-state index in [1.165, 1.54) is 53.1 Å². The van der Waals surface area contributed by atoms with Gasteiger partial charge in [0.25, 0.3) is 0 Å². The fourth-order valence-corrected chi connectivity index (χ4v) is 5.61. The Morgan fingerprint density at radius 2 is 0.862 bits per heavy atom. The van der Waals surface area contributed by atoms with Crippen molar-refractivity contribution in [2.24, 2.45) is 0 Å².